The molecule has 17 heavy (non-hydrogen) atoms. The van der Waals surface area contributed by atoms with Crippen molar-refractivity contribution < 1.29 is 4.92 Å². The van der Waals surface area contributed by atoms with Crippen molar-refractivity contribution in [3.63, 3.8) is 0 Å². The van der Waals surface area contributed by atoms with Crippen LogP contribution in [0.4, 0.5) is 5.82 Å². The third kappa shape index (κ3) is 2.35. The van der Waals surface area contributed by atoms with Crippen LogP contribution in [0.1, 0.15) is 0 Å². The molecule has 86 valence electrons. The molecule has 0 saturated heterocycles. The fourth-order valence-electron chi connectivity index (χ4n) is 1.34. The summed E-state index contributed by atoms with van der Waals surface area (Å²) in [6.07, 6.45) is 2.62. The van der Waals surface area contributed by atoms with Gasteiger partial charge in [0.25, 0.3) is 0 Å². The molecule has 0 N–H and O–H groups in total. The standard InChI is InChI=1S/C10H5Cl2N3O2/c11-6-1-2-7(8(12)5-6)9-10(15(16)17)14-4-3-13-9/h1-5H. The molecule has 0 atom stereocenters. The number of nitro groups is 1. The lowest BCUT2D eigenvalue weighted by Gasteiger charge is -2.03. The van der Waals surface area contributed by atoms with Crippen molar-refractivity contribution in [1.82, 2.24) is 9.97 Å². The first-order valence-electron chi connectivity index (χ1n) is 4.50. The number of halogens is 2. The Morgan fingerprint density at radius 1 is 1.18 bits per heavy atom. The summed E-state index contributed by atoms with van der Waals surface area (Å²) in [5.41, 5.74) is 0.551. The Labute approximate surface area is 106 Å². The minimum Gasteiger partial charge on any atom is -0.358 e. The van der Waals surface area contributed by atoms with Gasteiger partial charge in [-0.05, 0) is 28.1 Å². The van der Waals surface area contributed by atoms with E-state index in [9.17, 15) is 10.1 Å². The largest absolute Gasteiger partial charge is 0.390 e. The maximum Gasteiger partial charge on any atom is 0.390 e. The number of nitrogens with zero attached hydrogens (tertiary/aromatic N) is 3. The van der Waals surface area contributed by atoms with Gasteiger partial charge >= 0.3 is 5.82 Å². The Kier molecular flexibility index (Phi) is 3.21. The van der Waals surface area contributed by atoms with Gasteiger partial charge in [-0.15, -0.1) is 0 Å². The normalized spacial score (nSPS) is 10.2. The van der Waals surface area contributed by atoms with Crippen molar-refractivity contribution in [3.05, 3.63) is 50.8 Å². The molecule has 2 aromatic rings. The van der Waals surface area contributed by atoms with Crippen LogP contribution in [-0.2, 0) is 0 Å². The van der Waals surface area contributed by atoms with Gasteiger partial charge in [-0.3, -0.25) is 0 Å². The summed E-state index contributed by atoms with van der Waals surface area (Å²) in [6, 6.07) is 4.65. The highest BCUT2D eigenvalue weighted by Gasteiger charge is 2.19. The smallest absolute Gasteiger partial charge is 0.358 e. The maximum atomic E-state index is 10.8. The number of hydrogen-bond acceptors (Lipinski definition) is 4. The first-order valence-corrected chi connectivity index (χ1v) is 5.26. The van der Waals surface area contributed by atoms with Crippen molar-refractivity contribution in [1.29, 1.82) is 0 Å². The summed E-state index contributed by atoms with van der Waals surface area (Å²) in [6.45, 7) is 0. The van der Waals surface area contributed by atoms with Crippen LogP contribution in [0, 0.1) is 10.1 Å². The highest BCUT2D eigenvalue weighted by molar-refractivity contribution is 6.36. The Bertz CT molecular complexity index is 590. The third-order valence-electron chi connectivity index (χ3n) is 2.04. The summed E-state index contributed by atoms with van der Waals surface area (Å²) in [5, 5.41) is 11.5. The number of hydrogen-bond donors (Lipinski definition) is 0. The zero-order valence-corrected chi connectivity index (χ0v) is 9.81. The van der Waals surface area contributed by atoms with Crippen molar-refractivity contribution in [2.24, 2.45) is 0 Å². The van der Waals surface area contributed by atoms with Crippen molar-refractivity contribution in [2.45, 2.75) is 0 Å². The lowest BCUT2D eigenvalue weighted by Crippen LogP contribution is -1.97. The highest BCUT2D eigenvalue weighted by atomic mass is 35.5. The molecule has 0 aliphatic carbocycles. The quantitative estimate of drug-likeness (QED) is 0.619. The predicted molar refractivity (Wildman–Crippen MR) is 64.1 cm³/mol. The molecule has 1 aromatic carbocycles. The van der Waals surface area contributed by atoms with Gasteiger partial charge in [0.15, 0.2) is 11.9 Å². The Morgan fingerprint density at radius 3 is 2.53 bits per heavy atom. The molecule has 0 spiro atoms. The van der Waals surface area contributed by atoms with E-state index < -0.39 is 4.92 Å². The average molecular weight is 270 g/mol. The fraction of sp³-hybridized carbons (Fsp3) is 0. The number of benzene rings is 1. The molecule has 0 unspecified atom stereocenters. The molecule has 7 heteroatoms. The van der Waals surface area contributed by atoms with E-state index in [2.05, 4.69) is 9.97 Å². The van der Waals surface area contributed by atoms with Crippen LogP contribution in [0.2, 0.25) is 10.0 Å². The Hall–Kier alpha value is -1.72. The maximum absolute atomic E-state index is 10.8. The Balaban J connectivity index is 2.64. The Morgan fingerprint density at radius 2 is 1.88 bits per heavy atom. The van der Waals surface area contributed by atoms with Gasteiger partial charge in [0, 0.05) is 10.6 Å². The first kappa shape index (κ1) is 11.8. The molecule has 1 heterocycles. The van der Waals surface area contributed by atoms with E-state index in [0.717, 1.165) is 0 Å². The topological polar surface area (TPSA) is 68.9 Å². The zero-order chi connectivity index (χ0) is 12.4. The molecule has 0 aliphatic rings. The van der Waals surface area contributed by atoms with Gasteiger partial charge in [-0.1, -0.05) is 23.2 Å². The van der Waals surface area contributed by atoms with E-state index in [1.165, 1.54) is 18.5 Å². The monoisotopic (exact) mass is 269 g/mol. The second-order valence-electron chi connectivity index (χ2n) is 3.11. The predicted octanol–water partition coefficient (Wildman–Crippen LogP) is 3.36. The summed E-state index contributed by atoms with van der Waals surface area (Å²) in [4.78, 5) is 17.8. The lowest BCUT2D eigenvalue weighted by molar-refractivity contribution is -0.389. The summed E-state index contributed by atoms with van der Waals surface area (Å²) in [7, 11) is 0. The second-order valence-corrected chi connectivity index (χ2v) is 3.95. The van der Waals surface area contributed by atoms with Crippen LogP contribution in [0.3, 0.4) is 0 Å². The molecule has 0 radical (unpaired) electrons. The van der Waals surface area contributed by atoms with Gasteiger partial charge in [0.2, 0.25) is 0 Å². The van der Waals surface area contributed by atoms with Crippen LogP contribution in [0.5, 0.6) is 0 Å². The molecule has 0 saturated carbocycles. The summed E-state index contributed by atoms with van der Waals surface area (Å²) >= 11 is 11.7. The summed E-state index contributed by atoms with van der Waals surface area (Å²) in [5.74, 6) is -0.336. The van der Waals surface area contributed by atoms with Gasteiger partial charge < -0.3 is 10.1 Å². The van der Waals surface area contributed by atoms with Crippen LogP contribution < -0.4 is 0 Å². The van der Waals surface area contributed by atoms with E-state index >= 15 is 0 Å². The van der Waals surface area contributed by atoms with Gasteiger partial charge in [0.05, 0.1) is 11.2 Å². The molecule has 0 aliphatic heterocycles. The van der Waals surface area contributed by atoms with Crippen LogP contribution in [0.25, 0.3) is 11.3 Å². The molecule has 0 amide bonds. The second kappa shape index (κ2) is 4.65. The summed E-state index contributed by atoms with van der Waals surface area (Å²) < 4.78 is 0. The highest BCUT2D eigenvalue weighted by Crippen LogP contribution is 2.32. The van der Waals surface area contributed by atoms with Gasteiger partial charge in [-0.25, -0.2) is 4.98 Å². The fourth-order valence-corrected chi connectivity index (χ4v) is 1.83. The van der Waals surface area contributed by atoms with E-state index in [0.29, 0.717) is 15.6 Å². The van der Waals surface area contributed by atoms with E-state index in [1.807, 2.05) is 0 Å². The van der Waals surface area contributed by atoms with E-state index in [1.54, 1.807) is 12.1 Å². The van der Waals surface area contributed by atoms with Crippen molar-refractivity contribution in [3.8, 4) is 11.3 Å². The van der Waals surface area contributed by atoms with Crippen LogP contribution in [0.15, 0.2) is 30.6 Å². The minimum atomic E-state index is -0.604. The zero-order valence-electron chi connectivity index (χ0n) is 8.30. The number of aromatic nitrogens is 2. The van der Waals surface area contributed by atoms with E-state index in [4.69, 9.17) is 23.2 Å². The first-order chi connectivity index (χ1) is 8.09. The average Bonchev–Trinajstić information content (AvgIpc) is 2.29. The molecular weight excluding hydrogens is 265 g/mol. The third-order valence-corrected chi connectivity index (χ3v) is 2.59. The lowest BCUT2D eigenvalue weighted by atomic mass is 10.1. The van der Waals surface area contributed by atoms with Crippen LogP contribution in [-0.4, -0.2) is 14.9 Å². The van der Waals surface area contributed by atoms with Crippen LogP contribution >= 0.6 is 23.2 Å². The molecule has 5 nitrogen and oxygen atoms in total. The molecular formula is C10H5Cl2N3O2. The molecule has 2 rings (SSSR count). The molecule has 1 aromatic heterocycles. The van der Waals surface area contributed by atoms with Crippen molar-refractivity contribution in [2.75, 3.05) is 0 Å². The van der Waals surface area contributed by atoms with E-state index in [-0.39, 0.29) is 11.5 Å². The van der Waals surface area contributed by atoms with Crippen molar-refractivity contribution >= 4 is 29.0 Å². The minimum absolute atomic E-state index is 0.124. The number of rotatable bonds is 2. The van der Waals surface area contributed by atoms with Gasteiger partial charge in [-0.2, -0.15) is 0 Å². The molecule has 0 bridgehead atoms. The van der Waals surface area contributed by atoms with Gasteiger partial charge in [0.1, 0.15) is 0 Å². The SMILES string of the molecule is O=[N+]([O-])c1nccnc1-c1ccc(Cl)cc1Cl. The molecule has 0 fully saturated rings.